The van der Waals surface area contributed by atoms with Crippen molar-refractivity contribution in [1.82, 2.24) is 5.43 Å². The van der Waals surface area contributed by atoms with Gasteiger partial charge in [-0.05, 0) is 68.6 Å². The molecule has 0 aromatic heterocycles. The second kappa shape index (κ2) is 8.88. The van der Waals surface area contributed by atoms with Crippen LogP contribution in [0.1, 0.15) is 12.5 Å². The van der Waals surface area contributed by atoms with Gasteiger partial charge in [0.05, 0.1) is 17.3 Å². The van der Waals surface area contributed by atoms with Crippen LogP contribution in [0, 0.1) is 0 Å². The van der Waals surface area contributed by atoms with E-state index in [9.17, 15) is 14.4 Å². The molecule has 0 radical (unpaired) electrons. The molecular weight excluding hydrogens is 524 g/mol. The van der Waals surface area contributed by atoms with Crippen LogP contribution in [0.5, 0.6) is 11.5 Å². The number of anilines is 1. The molecule has 0 spiro atoms. The number of para-hydroxylation sites is 1. The molecule has 3 rings (SSSR count). The third-order valence-electron chi connectivity index (χ3n) is 4.22. The average Bonchev–Trinajstić information content (AvgIpc) is 3.01. The summed E-state index contributed by atoms with van der Waals surface area (Å²) in [7, 11) is 1.40. The van der Waals surface area contributed by atoms with E-state index < -0.39 is 23.9 Å². The Morgan fingerprint density at radius 2 is 1.87 bits per heavy atom. The molecule has 1 saturated heterocycles. The minimum Gasteiger partial charge on any atom is -0.493 e. The van der Waals surface area contributed by atoms with Crippen molar-refractivity contribution >= 4 is 61.4 Å². The van der Waals surface area contributed by atoms with Crippen molar-refractivity contribution in [3.63, 3.8) is 0 Å². The van der Waals surface area contributed by atoms with Crippen LogP contribution in [-0.4, -0.2) is 36.1 Å². The number of rotatable bonds is 6. The monoisotopic (exact) mass is 538 g/mol. The normalized spacial score (nSPS) is 15.9. The first-order valence-corrected chi connectivity index (χ1v) is 10.2. The van der Waals surface area contributed by atoms with E-state index in [4.69, 9.17) is 14.6 Å². The Bertz CT molecular complexity index is 1060. The fourth-order valence-corrected chi connectivity index (χ4v) is 3.60. The van der Waals surface area contributed by atoms with Crippen LogP contribution in [0.4, 0.5) is 5.69 Å². The van der Waals surface area contributed by atoms with Crippen molar-refractivity contribution < 1.29 is 29.0 Å². The molecule has 30 heavy (non-hydrogen) atoms. The lowest BCUT2D eigenvalue weighted by atomic mass is 10.1. The number of amides is 2. The molecule has 2 aromatic rings. The average molecular weight is 540 g/mol. The number of ether oxygens (including phenoxy) is 2. The molecule has 0 aliphatic carbocycles. The van der Waals surface area contributed by atoms with Crippen molar-refractivity contribution in [3.05, 3.63) is 56.5 Å². The van der Waals surface area contributed by atoms with Crippen molar-refractivity contribution in [2.24, 2.45) is 0 Å². The van der Waals surface area contributed by atoms with Crippen LogP contribution in [0.25, 0.3) is 6.08 Å². The molecule has 0 saturated carbocycles. The summed E-state index contributed by atoms with van der Waals surface area (Å²) in [4.78, 5) is 36.3. The summed E-state index contributed by atoms with van der Waals surface area (Å²) in [6.45, 7) is 1.39. The Labute approximate surface area is 188 Å². The molecule has 2 amide bonds. The second-order valence-electron chi connectivity index (χ2n) is 6.20. The molecule has 8 nitrogen and oxygen atoms in total. The predicted octanol–water partition coefficient (Wildman–Crippen LogP) is 3.53. The van der Waals surface area contributed by atoms with Gasteiger partial charge in [0.1, 0.15) is 5.57 Å². The van der Waals surface area contributed by atoms with Crippen LogP contribution in [0.3, 0.4) is 0 Å². The minimum atomic E-state index is -1.14. The first-order chi connectivity index (χ1) is 14.2. The number of hydrazine groups is 1. The summed E-state index contributed by atoms with van der Waals surface area (Å²) in [5.41, 5.74) is 3.45. The van der Waals surface area contributed by atoms with Crippen LogP contribution < -0.4 is 19.9 Å². The van der Waals surface area contributed by atoms with Crippen LogP contribution in [0.2, 0.25) is 0 Å². The standard InChI is InChI=1S/C20H16Br2N2O6/c1-10(20(27)28)30-17-14(29-2)9-11(15(21)16(17)22)8-13-18(25)23-24(19(13)26)12-6-4-3-5-7-12/h3-10H,1-2H3,(H,23,25)(H,27,28)/b13-8-/t10-/m0/s1. The molecule has 10 heteroatoms. The number of hydrogen-bond donors (Lipinski definition) is 2. The largest absolute Gasteiger partial charge is 0.493 e. The zero-order valence-electron chi connectivity index (χ0n) is 15.8. The molecular formula is C20H16Br2N2O6. The minimum absolute atomic E-state index is 0.0684. The molecule has 0 unspecified atom stereocenters. The van der Waals surface area contributed by atoms with E-state index in [1.54, 1.807) is 30.3 Å². The van der Waals surface area contributed by atoms with Gasteiger partial charge in [0.2, 0.25) is 0 Å². The molecule has 2 aromatic carbocycles. The highest BCUT2D eigenvalue weighted by Gasteiger charge is 2.35. The summed E-state index contributed by atoms with van der Waals surface area (Å²) in [6, 6.07) is 10.3. The van der Waals surface area contributed by atoms with Gasteiger partial charge in [0.25, 0.3) is 11.8 Å². The fraction of sp³-hybridized carbons (Fsp3) is 0.150. The van der Waals surface area contributed by atoms with Gasteiger partial charge < -0.3 is 14.6 Å². The van der Waals surface area contributed by atoms with Gasteiger partial charge in [-0.1, -0.05) is 18.2 Å². The zero-order chi connectivity index (χ0) is 22.0. The Morgan fingerprint density at radius 3 is 2.47 bits per heavy atom. The maximum absolute atomic E-state index is 12.8. The van der Waals surface area contributed by atoms with Gasteiger partial charge in [-0.2, -0.15) is 0 Å². The summed E-state index contributed by atoms with van der Waals surface area (Å²) in [5, 5.41) is 10.3. The number of carbonyl (C=O) groups excluding carboxylic acids is 2. The Morgan fingerprint density at radius 1 is 1.20 bits per heavy atom. The van der Waals surface area contributed by atoms with E-state index in [2.05, 4.69) is 37.3 Å². The Hall–Kier alpha value is -2.85. The van der Waals surface area contributed by atoms with E-state index in [-0.39, 0.29) is 17.1 Å². The van der Waals surface area contributed by atoms with E-state index in [0.29, 0.717) is 20.2 Å². The lowest BCUT2D eigenvalue weighted by Crippen LogP contribution is -2.35. The van der Waals surface area contributed by atoms with Gasteiger partial charge in [-0.25, -0.2) is 9.80 Å². The lowest BCUT2D eigenvalue weighted by molar-refractivity contribution is -0.144. The van der Waals surface area contributed by atoms with Gasteiger partial charge in [0, 0.05) is 4.47 Å². The number of nitrogens with one attached hydrogen (secondary N) is 1. The number of nitrogens with zero attached hydrogens (tertiary/aromatic N) is 1. The van der Waals surface area contributed by atoms with Gasteiger partial charge in [-0.15, -0.1) is 0 Å². The molecule has 1 atom stereocenters. The SMILES string of the molecule is COc1cc(/C=C2/C(=O)NN(c3ccccc3)C2=O)c(Br)c(Br)c1O[C@@H](C)C(=O)O. The Kier molecular flexibility index (Phi) is 6.47. The summed E-state index contributed by atoms with van der Waals surface area (Å²) in [6.07, 6.45) is 0.301. The number of carboxylic acid groups (broad SMARTS) is 1. The molecule has 156 valence electrons. The smallest absolute Gasteiger partial charge is 0.344 e. The number of halogens is 2. The number of aliphatic carboxylic acids is 1. The molecule has 0 bridgehead atoms. The van der Waals surface area contributed by atoms with E-state index in [0.717, 1.165) is 0 Å². The molecule has 1 heterocycles. The Balaban J connectivity index is 2.01. The van der Waals surface area contributed by atoms with Gasteiger partial charge in [-0.3, -0.25) is 15.0 Å². The van der Waals surface area contributed by atoms with Crippen molar-refractivity contribution in [3.8, 4) is 11.5 Å². The molecule has 1 aliphatic rings. The summed E-state index contributed by atoms with van der Waals surface area (Å²) < 4.78 is 11.6. The van der Waals surface area contributed by atoms with Crippen LogP contribution >= 0.6 is 31.9 Å². The van der Waals surface area contributed by atoms with E-state index in [1.165, 1.54) is 31.2 Å². The third-order valence-corrected chi connectivity index (χ3v) is 6.37. The summed E-state index contributed by atoms with van der Waals surface area (Å²) in [5.74, 6) is -1.79. The first-order valence-electron chi connectivity index (χ1n) is 8.62. The first kappa shape index (κ1) is 21.8. The number of hydrogen-bond acceptors (Lipinski definition) is 5. The highest BCUT2D eigenvalue weighted by molar-refractivity contribution is 9.13. The van der Waals surface area contributed by atoms with E-state index in [1.807, 2.05) is 0 Å². The highest BCUT2D eigenvalue weighted by atomic mass is 79.9. The number of carboxylic acids is 1. The topological polar surface area (TPSA) is 105 Å². The fourth-order valence-electron chi connectivity index (χ4n) is 2.67. The number of benzene rings is 2. The van der Waals surface area contributed by atoms with Crippen LogP contribution in [-0.2, 0) is 14.4 Å². The lowest BCUT2D eigenvalue weighted by Gasteiger charge is -2.17. The zero-order valence-corrected chi connectivity index (χ0v) is 19.0. The maximum Gasteiger partial charge on any atom is 0.344 e. The summed E-state index contributed by atoms with van der Waals surface area (Å²) >= 11 is 6.76. The predicted molar refractivity (Wildman–Crippen MR) is 116 cm³/mol. The molecule has 2 N–H and O–H groups in total. The second-order valence-corrected chi connectivity index (χ2v) is 7.78. The van der Waals surface area contributed by atoms with Gasteiger partial charge in [0.15, 0.2) is 17.6 Å². The van der Waals surface area contributed by atoms with Crippen molar-refractivity contribution in [2.75, 3.05) is 12.1 Å². The van der Waals surface area contributed by atoms with Crippen molar-refractivity contribution in [1.29, 1.82) is 0 Å². The number of carbonyl (C=O) groups is 3. The molecule has 1 fully saturated rings. The highest BCUT2D eigenvalue weighted by Crippen LogP contribution is 2.44. The maximum atomic E-state index is 12.8. The molecule has 1 aliphatic heterocycles. The van der Waals surface area contributed by atoms with Gasteiger partial charge >= 0.3 is 5.97 Å². The van der Waals surface area contributed by atoms with E-state index >= 15 is 0 Å². The number of methoxy groups -OCH3 is 1. The quantitative estimate of drug-likeness (QED) is 0.430. The van der Waals surface area contributed by atoms with Crippen LogP contribution in [0.15, 0.2) is 50.9 Å². The van der Waals surface area contributed by atoms with Crippen molar-refractivity contribution in [2.45, 2.75) is 13.0 Å². The third kappa shape index (κ3) is 4.19.